The zero-order valence-electron chi connectivity index (χ0n) is 10.7. The maximum Gasteiger partial charge on any atom is 0.133 e. The average molecular weight is 440 g/mol. The monoisotopic (exact) mass is 439 g/mol. The molecule has 0 amide bonds. The molecule has 0 bridgehead atoms. The minimum absolute atomic E-state index is 0.637. The van der Waals surface area contributed by atoms with Crippen LogP contribution in [0, 0.1) is 14.9 Å². The third-order valence-corrected chi connectivity index (χ3v) is 4.10. The van der Waals surface area contributed by atoms with Crippen LogP contribution in [0.4, 0.5) is 0 Å². The normalized spacial score (nSPS) is 11.0. The first-order valence-corrected chi connectivity index (χ1v) is 7.72. The Bertz CT molecular complexity index is 687. The first-order valence-electron chi connectivity index (χ1n) is 5.85. The number of halogens is 2. The molecule has 2 rings (SSSR count). The molecule has 0 radical (unpaired) electrons. The first kappa shape index (κ1) is 15.1. The molecule has 2 aromatic rings. The molecule has 0 unspecified atom stereocenters. The Morgan fingerprint density at radius 2 is 1.95 bits per heavy atom. The molecule has 0 saturated heterocycles. The fourth-order valence-corrected chi connectivity index (χ4v) is 2.67. The molecule has 0 aliphatic heterocycles. The SMILES string of the molecule is COc1ccc(/C=C(/C#N)c2ccc(I)cc2)cc1Br. The van der Waals surface area contributed by atoms with E-state index in [1.165, 1.54) is 0 Å². The van der Waals surface area contributed by atoms with Crippen molar-refractivity contribution in [3.63, 3.8) is 0 Å². The first-order chi connectivity index (χ1) is 9.63. The lowest BCUT2D eigenvalue weighted by Gasteiger charge is -2.04. The van der Waals surface area contributed by atoms with Crippen LogP contribution >= 0.6 is 38.5 Å². The van der Waals surface area contributed by atoms with E-state index in [2.05, 4.69) is 44.6 Å². The van der Waals surface area contributed by atoms with Crippen LogP contribution in [0.2, 0.25) is 0 Å². The third kappa shape index (κ3) is 3.62. The molecule has 0 saturated carbocycles. The largest absolute Gasteiger partial charge is 0.496 e. The number of rotatable bonds is 3. The quantitative estimate of drug-likeness (QED) is 0.377. The Morgan fingerprint density at radius 3 is 2.50 bits per heavy atom. The van der Waals surface area contributed by atoms with Crippen LogP contribution in [0.1, 0.15) is 11.1 Å². The lowest BCUT2D eigenvalue weighted by atomic mass is 10.0. The second kappa shape index (κ2) is 6.91. The maximum atomic E-state index is 9.32. The number of nitrogens with zero attached hydrogens (tertiary/aromatic N) is 1. The summed E-state index contributed by atoms with van der Waals surface area (Å²) in [7, 11) is 1.63. The lowest BCUT2D eigenvalue weighted by Crippen LogP contribution is -1.86. The van der Waals surface area contributed by atoms with Crippen LogP contribution in [0.25, 0.3) is 11.6 Å². The second-order valence-corrected chi connectivity index (χ2v) is 6.17. The Morgan fingerprint density at radius 1 is 1.25 bits per heavy atom. The summed E-state index contributed by atoms with van der Waals surface area (Å²) < 4.78 is 7.21. The Kier molecular flexibility index (Phi) is 5.21. The summed E-state index contributed by atoms with van der Waals surface area (Å²) in [5.74, 6) is 0.773. The zero-order valence-corrected chi connectivity index (χ0v) is 14.5. The topological polar surface area (TPSA) is 33.0 Å². The van der Waals surface area contributed by atoms with Crippen molar-refractivity contribution in [1.29, 1.82) is 5.26 Å². The Hall–Kier alpha value is -1.32. The van der Waals surface area contributed by atoms with Gasteiger partial charge >= 0.3 is 0 Å². The molecule has 0 heterocycles. The van der Waals surface area contributed by atoms with Crippen LogP contribution in [-0.4, -0.2) is 7.11 Å². The third-order valence-electron chi connectivity index (χ3n) is 2.76. The molecule has 0 aliphatic carbocycles. The molecular formula is C16H11BrINO. The van der Waals surface area contributed by atoms with Gasteiger partial charge in [-0.2, -0.15) is 5.26 Å². The average Bonchev–Trinajstić information content (AvgIpc) is 2.46. The number of ether oxygens (including phenoxy) is 1. The fourth-order valence-electron chi connectivity index (χ4n) is 1.75. The van der Waals surface area contributed by atoms with E-state index >= 15 is 0 Å². The molecule has 100 valence electrons. The Balaban J connectivity index is 2.39. The summed E-state index contributed by atoms with van der Waals surface area (Å²) in [6, 6.07) is 15.9. The van der Waals surface area contributed by atoms with E-state index in [0.717, 1.165) is 24.9 Å². The van der Waals surface area contributed by atoms with Gasteiger partial charge in [0.15, 0.2) is 0 Å². The molecule has 0 N–H and O–H groups in total. The van der Waals surface area contributed by atoms with Gasteiger partial charge in [0.05, 0.1) is 23.2 Å². The summed E-state index contributed by atoms with van der Waals surface area (Å²) >= 11 is 5.69. The molecule has 20 heavy (non-hydrogen) atoms. The van der Waals surface area contributed by atoms with Gasteiger partial charge in [0.25, 0.3) is 0 Å². The standard InChI is InChI=1S/C16H11BrINO/c1-20-16-7-2-11(9-15(16)17)8-13(10-19)12-3-5-14(18)6-4-12/h2-9H,1H3/b13-8-. The van der Waals surface area contributed by atoms with Gasteiger partial charge in [-0.3, -0.25) is 0 Å². The molecule has 0 spiro atoms. The van der Waals surface area contributed by atoms with E-state index in [0.29, 0.717) is 5.57 Å². The van der Waals surface area contributed by atoms with E-state index in [1.807, 2.05) is 48.5 Å². The van der Waals surface area contributed by atoms with Gasteiger partial charge in [-0.1, -0.05) is 18.2 Å². The van der Waals surface area contributed by atoms with Crippen LogP contribution in [0.15, 0.2) is 46.9 Å². The van der Waals surface area contributed by atoms with Crippen molar-refractivity contribution in [1.82, 2.24) is 0 Å². The maximum absolute atomic E-state index is 9.32. The minimum atomic E-state index is 0.637. The number of benzene rings is 2. The minimum Gasteiger partial charge on any atom is -0.496 e. The highest BCUT2D eigenvalue weighted by atomic mass is 127. The van der Waals surface area contributed by atoms with Crippen molar-refractivity contribution in [3.8, 4) is 11.8 Å². The molecule has 0 aliphatic rings. The van der Waals surface area contributed by atoms with Crippen LogP contribution < -0.4 is 4.74 Å². The molecule has 0 fully saturated rings. The predicted molar refractivity (Wildman–Crippen MR) is 93.3 cm³/mol. The van der Waals surface area contributed by atoms with Gasteiger partial charge < -0.3 is 4.74 Å². The number of nitriles is 1. The van der Waals surface area contributed by atoms with Crippen molar-refractivity contribution in [3.05, 3.63) is 61.6 Å². The fraction of sp³-hybridized carbons (Fsp3) is 0.0625. The highest BCUT2D eigenvalue weighted by Gasteiger charge is 2.03. The Labute approximate surface area is 140 Å². The van der Waals surface area contributed by atoms with Gasteiger partial charge in [-0.25, -0.2) is 0 Å². The number of hydrogen-bond acceptors (Lipinski definition) is 2. The van der Waals surface area contributed by atoms with Crippen molar-refractivity contribution in [2.24, 2.45) is 0 Å². The number of hydrogen-bond donors (Lipinski definition) is 0. The predicted octanol–water partition coefficient (Wildman–Crippen LogP) is 5.13. The van der Waals surface area contributed by atoms with E-state index in [9.17, 15) is 5.26 Å². The van der Waals surface area contributed by atoms with Gasteiger partial charge in [-0.15, -0.1) is 0 Å². The van der Waals surface area contributed by atoms with Crippen molar-refractivity contribution < 1.29 is 4.74 Å². The van der Waals surface area contributed by atoms with Gasteiger partial charge in [-0.05, 0) is 80.0 Å². The molecule has 4 heteroatoms. The summed E-state index contributed by atoms with van der Waals surface area (Å²) in [4.78, 5) is 0. The summed E-state index contributed by atoms with van der Waals surface area (Å²) in [6.07, 6.45) is 1.87. The summed E-state index contributed by atoms with van der Waals surface area (Å²) in [5, 5.41) is 9.32. The van der Waals surface area contributed by atoms with Gasteiger partial charge in [0, 0.05) is 3.57 Å². The summed E-state index contributed by atoms with van der Waals surface area (Å²) in [5.41, 5.74) is 2.51. The smallest absolute Gasteiger partial charge is 0.133 e. The lowest BCUT2D eigenvalue weighted by molar-refractivity contribution is 0.412. The molecular weight excluding hydrogens is 429 g/mol. The number of allylic oxidation sites excluding steroid dienone is 1. The molecule has 2 nitrogen and oxygen atoms in total. The molecule has 0 atom stereocenters. The van der Waals surface area contributed by atoms with E-state index in [-0.39, 0.29) is 0 Å². The molecule has 2 aromatic carbocycles. The van der Waals surface area contributed by atoms with E-state index < -0.39 is 0 Å². The van der Waals surface area contributed by atoms with Crippen LogP contribution in [0.3, 0.4) is 0 Å². The zero-order chi connectivity index (χ0) is 14.5. The van der Waals surface area contributed by atoms with Crippen LogP contribution in [0.5, 0.6) is 5.75 Å². The van der Waals surface area contributed by atoms with Gasteiger partial charge in [0.2, 0.25) is 0 Å². The second-order valence-electron chi connectivity index (χ2n) is 4.07. The van der Waals surface area contributed by atoms with Crippen molar-refractivity contribution in [2.75, 3.05) is 7.11 Å². The van der Waals surface area contributed by atoms with E-state index in [1.54, 1.807) is 7.11 Å². The highest BCUT2D eigenvalue weighted by Crippen LogP contribution is 2.27. The summed E-state index contributed by atoms with van der Waals surface area (Å²) in [6.45, 7) is 0. The van der Waals surface area contributed by atoms with Crippen molar-refractivity contribution in [2.45, 2.75) is 0 Å². The number of methoxy groups -OCH3 is 1. The van der Waals surface area contributed by atoms with E-state index in [4.69, 9.17) is 4.74 Å². The van der Waals surface area contributed by atoms with Crippen molar-refractivity contribution >= 4 is 50.2 Å². The highest BCUT2D eigenvalue weighted by molar-refractivity contribution is 14.1. The molecule has 0 aromatic heterocycles. The van der Waals surface area contributed by atoms with Gasteiger partial charge in [0.1, 0.15) is 5.75 Å². The van der Waals surface area contributed by atoms with Crippen LogP contribution in [-0.2, 0) is 0 Å².